The van der Waals surface area contributed by atoms with E-state index in [9.17, 15) is 10.1 Å². The van der Waals surface area contributed by atoms with Crippen LogP contribution in [0.4, 0.5) is 11.4 Å². The summed E-state index contributed by atoms with van der Waals surface area (Å²) < 4.78 is 10.5. The molecular formula is C17H18N4O4S. The van der Waals surface area contributed by atoms with Gasteiger partial charge in [0.25, 0.3) is 5.69 Å². The van der Waals surface area contributed by atoms with Gasteiger partial charge in [-0.2, -0.15) is 5.10 Å². The van der Waals surface area contributed by atoms with E-state index in [4.69, 9.17) is 21.7 Å². The highest BCUT2D eigenvalue weighted by Crippen LogP contribution is 2.25. The molecule has 0 fully saturated rings. The van der Waals surface area contributed by atoms with Gasteiger partial charge in [-0.05, 0) is 37.3 Å². The Hall–Kier alpha value is -3.20. The Labute approximate surface area is 156 Å². The van der Waals surface area contributed by atoms with E-state index in [2.05, 4.69) is 15.8 Å². The molecule has 0 heterocycles. The molecule has 0 amide bonds. The third-order valence-corrected chi connectivity index (χ3v) is 3.67. The first-order valence-electron chi connectivity index (χ1n) is 7.53. The fraction of sp³-hybridized carbons (Fsp3) is 0.176. The summed E-state index contributed by atoms with van der Waals surface area (Å²) in [5.41, 5.74) is 4.26. The van der Waals surface area contributed by atoms with Crippen molar-refractivity contribution in [3.05, 3.63) is 58.1 Å². The summed E-state index contributed by atoms with van der Waals surface area (Å²) >= 11 is 5.15. The number of hydrogen-bond acceptors (Lipinski definition) is 6. The average Bonchev–Trinajstić information content (AvgIpc) is 2.65. The molecule has 0 spiro atoms. The SMILES string of the molecule is COc1ccc(/C(C)=N\NC(=S)Nc2ccccc2[N+](=O)[O-])c(OC)c1. The first kappa shape index (κ1) is 19.1. The van der Waals surface area contributed by atoms with E-state index in [0.29, 0.717) is 17.2 Å². The van der Waals surface area contributed by atoms with Crippen LogP contribution in [-0.4, -0.2) is 30.0 Å². The molecule has 0 saturated heterocycles. The van der Waals surface area contributed by atoms with Gasteiger partial charge in [-0.15, -0.1) is 0 Å². The quantitative estimate of drug-likeness (QED) is 0.346. The molecular weight excluding hydrogens is 356 g/mol. The number of nitrogens with one attached hydrogen (secondary N) is 2. The topological polar surface area (TPSA) is 98.0 Å². The molecule has 0 unspecified atom stereocenters. The van der Waals surface area contributed by atoms with Crippen molar-refractivity contribution in [1.29, 1.82) is 0 Å². The number of rotatable bonds is 6. The van der Waals surface area contributed by atoms with Crippen LogP contribution in [0.5, 0.6) is 11.5 Å². The van der Waals surface area contributed by atoms with Crippen LogP contribution in [0, 0.1) is 10.1 Å². The molecule has 0 aromatic heterocycles. The molecule has 0 aliphatic carbocycles. The predicted molar refractivity (Wildman–Crippen MR) is 104 cm³/mol. The number of para-hydroxylation sites is 2. The maximum Gasteiger partial charge on any atom is 0.292 e. The van der Waals surface area contributed by atoms with Gasteiger partial charge < -0.3 is 14.8 Å². The third-order valence-electron chi connectivity index (χ3n) is 3.47. The minimum atomic E-state index is -0.484. The molecule has 136 valence electrons. The highest BCUT2D eigenvalue weighted by molar-refractivity contribution is 7.80. The zero-order chi connectivity index (χ0) is 19.1. The predicted octanol–water partition coefficient (Wildman–Crippen LogP) is 3.32. The van der Waals surface area contributed by atoms with Gasteiger partial charge in [-0.1, -0.05) is 12.1 Å². The van der Waals surface area contributed by atoms with Gasteiger partial charge in [-0.25, -0.2) is 0 Å². The lowest BCUT2D eigenvalue weighted by Gasteiger charge is -2.11. The van der Waals surface area contributed by atoms with Gasteiger partial charge in [0.15, 0.2) is 5.11 Å². The summed E-state index contributed by atoms with van der Waals surface area (Å²) in [6.45, 7) is 1.78. The van der Waals surface area contributed by atoms with Gasteiger partial charge >= 0.3 is 0 Å². The summed E-state index contributed by atoms with van der Waals surface area (Å²) in [7, 11) is 3.13. The van der Waals surface area contributed by atoms with Crippen molar-refractivity contribution in [1.82, 2.24) is 5.43 Å². The monoisotopic (exact) mass is 374 g/mol. The smallest absolute Gasteiger partial charge is 0.292 e. The Bertz CT molecular complexity index is 854. The zero-order valence-corrected chi connectivity index (χ0v) is 15.3. The number of ether oxygens (including phenoxy) is 2. The number of hydrogen-bond donors (Lipinski definition) is 2. The number of hydrazone groups is 1. The number of anilines is 1. The average molecular weight is 374 g/mol. The summed E-state index contributed by atoms with van der Waals surface area (Å²) in [5, 5.41) is 18.1. The molecule has 0 atom stereocenters. The van der Waals surface area contributed by atoms with Crippen LogP contribution in [0.15, 0.2) is 47.6 Å². The Morgan fingerprint density at radius 3 is 2.58 bits per heavy atom. The molecule has 0 aliphatic heterocycles. The van der Waals surface area contributed by atoms with Gasteiger partial charge in [0.05, 0.1) is 24.9 Å². The Morgan fingerprint density at radius 1 is 1.19 bits per heavy atom. The highest BCUT2D eigenvalue weighted by Gasteiger charge is 2.13. The van der Waals surface area contributed by atoms with E-state index in [-0.39, 0.29) is 16.5 Å². The van der Waals surface area contributed by atoms with Crippen LogP contribution in [-0.2, 0) is 0 Å². The Morgan fingerprint density at radius 2 is 1.92 bits per heavy atom. The van der Waals surface area contributed by atoms with Crippen molar-refractivity contribution in [3.63, 3.8) is 0 Å². The number of nitro groups is 1. The van der Waals surface area contributed by atoms with Crippen LogP contribution >= 0.6 is 12.2 Å². The zero-order valence-electron chi connectivity index (χ0n) is 14.5. The molecule has 8 nitrogen and oxygen atoms in total. The molecule has 0 aliphatic rings. The lowest BCUT2D eigenvalue weighted by Crippen LogP contribution is -2.25. The molecule has 26 heavy (non-hydrogen) atoms. The standard InChI is InChI=1S/C17H18N4O4S/c1-11(13-9-8-12(24-2)10-16(13)25-3)19-20-17(26)18-14-6-4-5-7-15(14)21(22)23/h4-10H,1-3H3,(H2,18,20,26)/b19-11-. The van der Waals surface area contributed by atoms with Crippen molar-refractivity contribution in [2.75, 3.05) is 19.5 Å². The molecule has 0 bridgehead atoms. The second-order valence-electron chi connectivity index (χ2n) is 5.10. The number of nitrogens with zero attached hydrogens (tertiary/aromatic N) is 2. The fourth-order valence-electron chi connectivity index (χ4n) is 2.18. The largest absolute Gasteiger partial charge is 0.497 e. The van der Waals surface area contributed by atoms with Crippen molar-refractivity contribution >= 4 is 34.4 Å². The summed E-state index contributed by atoms with van der Waals surface area (Å²) in [6.07, 6.45) is 0. The third kappa shape index (κ3) is 4.67. The second kappa shape index (κ2) is 8.77. The number of benzene rings is 2. The Balaban J connectivity index is 2.12. The molecule has 0 saturated carbocycles. The molecule has 9 heteroatoms. The minimum Gasteiger partial charge on any atom is -0.497 e. The van der Waals surface area contributed by atoms with Crippen molar-refractivity contribution in [2.24, 2.45) is 5.10 Å². The second-order valence-corrected chi connectivity index (χ2v) is 5.51. The van der Waals surface area contributed by atoms with Gasteiger partial charge in [0.2, 0.25) is 0 Å². The minimum absolute atomic E-state index is 0.0748. The maximum absolute atomic E-state index is 11.0. The highest BCUT2D eigenvalue weighted by atomic mass is 32.1. The Kier molecular flexibility index (Phi) is 6.45. The van der Waals surface area contributed by atoms with E-state index >= 15 is 0 Å². The molecule has 2 aromatic carbocycles. The number of methoxy groups -OCH3 is 2. The number of thiocarbonyl (C=S) groups is 1. The van der Waals surface area contributed by atoms with E-state index in [1.54, 1.807) is 51.5 Å². The van der Waals surface area contributed by atoms with Crippen LogP contribution in [0.2, 0.25) is 0 Å². The van der Waals surface area contributed by atoms with E-state index < -0.39 is 4.92 Å². The molecule has 2 N–H and O–H groups in total. The van der Waals surface area contributed by atoms with E-state index in [1.165, 1.54) is 6.07 Å². The summed E-state index contributed by atoms with van der Waals surface area (Å²) in [6, 6.07) is 11.6. The van der Waals surface area contributed by atoms with Gasteiger partial charge in [-0.3, -0.25) is 15.5 Å². The van der Waals surface area contributed by atoms with Crippen LogP contribution in [0.25, 0.3) is 0 Å². The lowest BCUT2D eigenvalue weighted by molar-refractivity contribution is -0.383. The summed E-state index contributed by atoms with van der Waals surface area (Å²) in [4.78, 5) is 10.5. The lowest BCUT2D eigenvalue weighted by atomic mass is 10.1. The molecule has 2 aromatic rings. The van der Waals surface area contributed by atoms with Crippen molar-refractivity contribution in [3.8, 4) is 11.5 Å². The van der Waals surface area contributed by atoms with Crippen molar-refractivity contribution < 1.29 is 14.4 Å². The van der Waals surface area contributed by atoms with Crippen LogP contribution in [0.1, 0.15) is 12.5 Å². The van der Waals surface area contributed by atoms with E-state index in [1.807, 2.05) is 6.07 Å². The molecule has 2 rings (SSSR count). The van der Waals surface area contributed by atoms with E-state index in [0.717, 1.165) is 5.56 Å². The van der Waals surface area contributed by atoms with Crippen molar-refractivity contribution in [2.45, 2.75) is 6.92 Å². The maximum atomic E-state index is 11.0. The van der Waals surface area contributed by atoms with Gasteiger partial charge in [0.1, 0.15) is 17.2 Å². The fourth-order valence-corrected chi connectivity index (χ4v) is 2.34. The molecule has 0 radical (unpaired) electrons. The van der Waals surface area contributed by atoms with Gasteiger partial charge in [0, 0.05) is 17.7 Å². The van der Waals surface area contributed by atoms with Crippen LogP contribution < -0.4 is 20.2 Å². The normalized spacial score (nSPS) is 10.8. The first-order chi connectivity index (χ1) is 12.5. The summed E-state index contributed by atoms with van der Waals surface area (Å²) in [5.74, 6) is 1.27. The van der Waals surface area contributed by atoms with Crippen LogP contribution in [0.3, 0.4) is 0 Å². The first-order valence-corrected chi connectivity index (χ1v) is 7.94. The number of nitro benzene ring substituents is 1.